The van der Waals surface area contributed by atoms with Crippen molar-refractivity contribution >= 4 is 34.0 Å². The zero-order valence-electron chi connectivity index (χ0n) is 10.4. The molecule has 2 unspecified atom stereocenters. The van der Waals surface area contributed by atoms with Crippen LogP contribution in [0.1, 0.15) is 23.7 Å². The zero-order chi connectivity index (χ0) is 13.7. The van der Waals surface area contributed by atoms with Crippen LogP contribution < -0.4 is 11.1 Å². The van der Waals surface area contributed by atoms with Gasteiger partial charge < -0.3 is 11.1 Å². The standard InChI is InChI=1S/C12H17ClN2O2S/c1-8(18(2)17)5-6-15-12(16)10-4-3-9(14)7-11(10)13/h3-4,7-8H,5-6,14H2,1-2H3,(H,15,16). The highest BCUT2D eigenvalue weighted by atomic mass is 35.5. The van der Waals surface area contributed by atoms with Gasteiger partial charge in [-0.15, -0.1) is 0 Å². The van der Waals surface area contributed by atoms with Gasteiger partial charge in [-0.2, -0.15) is 0 Å². The van der Waals surface area contributed by atoms with E-state index in [0.29, 0.717) is 29.2 Å². The van der Waals surface area contributed by atoms with Crippen molar-refractivity contribution in [1.82, 2.24) is 5.32 Å². The van der Waals surface area contributed by atoms with Crippen molar-refractivity contribution in [1.29, 1.82) is 0 Å². The third-order valence-corrected chi connectivity index (χ3v) is 4.32. The maximum Gasteiger partial charge on any atom is 0.252 e. The molecule has 0 spiro atoms. The molecule has 1 rings (SSSR count). The Morgan fingerprint density at radius 2 is 2.22 bits per heavy atom. The van der Waals surface area contributed by atoms with Crippen LogP contribution in [0.15, 0.2) is 18.2 Å². The number of carbonyl (C=O) groups is 1. The lowest BCUT2D eigenvalue weighted by Gasteiger charge is -2.10. The van der Waals surface area contributed by atoms with Crippen LogP contribution in [0.5, 0.6) is 0 Å². The Balaban J connectivity index is 2.53. The molecule has 100 valence electrons. The normalized spacial score (nSPS) is 13.9. The molecule has 0 heterocycles. The molecular formula is C12H17ClN2O2S. The minimum atomic E-state index is -0.871. The van der Waals surface area contributed by atoms with Crippen LogP contribution in [0.25, 0.3) is 0 Å². The predicted molar refractivity (Wildman–Crippen MR) is 76.3 cm³/mol. The molecule has 0 aliphatic heterocycles. The first kappa shape index (κ1) is 15.0. The molecule has 6 heteroatoms. The van der Waals surface area contributed by atoms with Gasteiger partial charge in [0.2, 0.25) is 0 Å². The molecule has 0 aliphatic rings. The van der Waals surface area contributed by atoms with Crippen molar-refractivity contribution in [2.24, 2.45) is 0 Å². The van der Waals surface area contributed by atoms with Crippen LogP contribution in [0.2, 0.25) is 5.02 Å². The van der Waals surface area contributed by atoms with Gasteiger partial charge in [0.25, 0.3) is 5.91 Å². The monoisotopic (exact) mass is 288 g/mol. The second-order valence-corrected chi connectivity index (χ2v) is 6.30. The molecule has 18 heavy (non-hydrogen) atoms. The van der Waals surface area contributed by atoms with E-state index in [1.165, 1.54) is 0 Å². The molecule has 0 fully saturated rings. The van der Waals surface area contributed by atoms with Crippen molar-refractivity contribution in [2.45, 2.75) is 18.6 Å². The van der Waals surface area contributed by atoms with E-state index in [0.717, 1.165) is 0 Å². The Hall–Kier alpha value is -1.07. The highest BCUT2D eigenvalue weighted by molar-refractivity contribution is 7.84. The summed E-state index contributed by atoms with van der Waals surface area (Å²) >= 11 is 5.93. The van der Waals surface area contributed by atoms with Crippen LogP contribution in [-0.4, -0.2) is 28.2 Å². The molecule has 3 N–H and O–H groups in total. The molecule has 0 radical (unpaired) electrons. The number of nitrogen functional groups attached to an aromatic ring is 1. The number of carbonyl (C=O) groups excluding carboxylic acids is 1. The van der Waals surface area contributed by atoms with Crippen LogP contribution >= 0.6 is 11.6 Å². The summed E-state index contributed by atoms with van der Waals surface area (Å²) in [6.45, 7) is 2.36. The maximum absolute atomic E-state index is 11.8. The maximum atomic E-state index is 11.8. The summed E-state index contributed by atoms with van der Waals surface area (Å²) in [5, 5.41) is 3.14. The van der Waals surface area contributed by atoms with Crippen LogP contribution in [0.3, 0.4) is 0 Å². The summed E-state index contributed by atoms with van der Waals surface area (Å²) in [4.78, 5) is 11.8. The molecule has 0 bridgehead atoms. The second kappa shape index (κ2) is 6.75. The van der Waals surface area contributed by atoms with E-state index in [2.05, 4.69) is 5.32 Å². The number of amides is 1. The lowest BCUT2D eigenvalue weighted by molar-refractivity contribution is 0.0953. The minimum Gasteiger partial charge on any atom is -0.399 e. The van der Waals surface area contributed by atoms with Gasteiger partial charge in [-0.1, -0.05) is 18.5 Å². The van der Waals surface area contributed by atoms with Crippen LogP contribution in [0.4, 0.5) is 5.69 Å². The average molecular weight is 289 g/mol. The SMILES string of the molecule is CC(CCNC(=O)c1ccc(N)cc1Cl)S(C)=O. The van der Waals surface area contributed by atoms with Gasteiger partial charge in [-0.05, 0) is 24.6 Å². The predicted octanol–water partition coefficient (Wildman–Crippen LogP) is 1.81. The summed E-state index contributed by atoms with van der Waals surface area (Å²) in [6.07, 6.45) is 2.32. The fourth-order valence-corrected chi connectivity index (χ4v) is 2.09. The van der Waals surface area contributed by atoms with Crippen molar-refractivity contribution in [3.63, 3.8) is 0 Å². The number of hydrogen-bond acceptors (Lipinski definition) is 3. The number of anilines is 1. The highest BCUT2D eigenvalue weighted by Crippen LogP contribution is 2.18. The van der Waals surface area contributed by atoms with Gasteiger partial charge in [0.1, 0.15) is 0 Å². The van der Waals surface area contributed by atoms with Crippen molar-refractivity contribution in [3.8, 4) is 0 Å². The van der Waals surface area contributed by atoms with E-state index >= 15 is 0 Å². The number of nitrogens with one attached hydrogen (secondary N) is 1. The van der Waals surface area contributed by atoms with E-state index in [1.807, 2.05) is 6.92 Å². The number of rotatable bonds is 5. The zero-order valence-corrected chi connectivity index (χ0v) is 12.0. The molecule has 1 aromatic rings. The van der Waals surface area contributed by atoms with Gasteiger partial charge in [0, 0.05) is 34.5 Å². The van der Waals surface area contributed by atoms with E-state index in [1.54, 1.807) is 24.5 Å². The van der Waals surface area contributed by atoms with Crippen LogP contribution in [0, 0.1) is 0 Å². The molecule has 0 saturated carbocycles. The van der Waals surface area contributed by atoms with Crippen LogP contribution in [-0.2, 0) is 10.8 Å². The number of halogens is 1. The number of benzene rings is 1. The summed E-state index contributed by atoms with van der Waals surface area (Å²) < 4.78 is 11.1. The smallest absolute Gasteiger partial charge is 0.252 e. The Kier molecular flexibility index (Phi) is 5.62. The molecule has 2 atom stereocenters. The summed E-state index contributed by atoms with van der Waals surface area (Å²) in [6, 6.07) is 4.76. The third kappa shape index (κ3) is 4.31. The van der Waals surface area contributed by atoms with Gasteiger partial charge in [-0.25, -0.2) is 0 Å². The van der Waals surface area contributed by atoms with Gasteiger partial charge >= 0.3 is 0 Å². The minimum absolute atomic E-state index is 0.0622. The van der Waals surface area contributed by atoms with Crippen molar-refractivity contribution in [3.05, 3.63) is 28.8 Å². The Bertz CT molecular complexity index is 465. The molecule has 4 nitrogen and oxygen atoms in total. The number of nitrogens with two attached hydrogens (primary N) is 1. The number of hydrogen-bond donors (Lipinski definition) is 2. The lowest BCUT2D eigenvalue weighted by atomic mass is 10.2. The first-order valence-corrected chi connectivity index (χ1v) is 7.57. The highest BCUT2D eigenvalue weighted by Gasteiger charge is 2.11. The lowest BCUT2D eigenvalue weighted by Crippen LogP contribution is -2.27. The second-order valence-electron chi connectivity index (χ2n) is 4.09. The molecule has 0 aliphatic carbocycles. The van der Waals surface area contributed by atoms with Crippen molar-refractivity contribution in [2.75, 3.05) is 18.5 Å². The molecule has 0 saturated heterocycles. The van der Waals surface area contributed by atoms with Gasteiger partial charge in [0.15, 0.2) is 0 Å². The van der Waals surface area contributed by atoms with Gasteiger partial charge in [-0.3, -0.25) is 9.00 Å². The van der Waals surface area contributed by atoms with Gasteiger partial charge in [0.05, 0.1) is 10.6 Å². The molecule has 1 aromatic carbocycles. The summed E-state index contributed by atoms with van der Waals surface area (Å²) in [7, 11) is -0.871. The molecular weight excluding hydrogens is 272 g/mol. The van der Waals surface area contributed by atoms with E-state index in [-0.39, 0.29) is 11.2 Å². The first-order chi connectivity index (χ1) is 8.41. The topological polar surface area (TPSA) is 72.2 Å². The van der Waals surface area contributed by atoms with E-state index in [4.69, 9.17) is 17.3 Å². The Morgan fingerprint density at radius 1 is 1.56 bits per heavy atom. The third-order valence-electron chi connectivity index (χ3n) is 2.64. The fraction of sp³-hybridized carbons (Fsp3) is 0.417. The molecule has 0 aromatic heterocycles. The average Bonchev–Trinajstić information content (AvgIpc) is 2.28. The Labute approximate surface area is 114 Å². The molecule has 1 amide bonds. The first-order valence-electron chi connectivity index (χ1n) is 5.57. The van der Waals surface area contributed by atoms with E-state index in [9.17, 15) is 9.00 Å². The van der Waals surface area contributed by atoms with E-state index < -0.39 is 10.8 Å². The summed E-state index contributed by atoms with van der Waals surface area (Å²) in [5.41, 5.74) is 6.47. The summed E-state index contributed by atoms with van der Waals surface area (Å²) in [5.74, 6) is -0.242. The Morgan fingerprint density at radius 3 is 2.78 bits per heavy atom. The largest absolute Gasteiger partial charge is 0.399 e. The fourth-order valence-electron chi connectivity index (χ4n) is 1.37. The quantitative estimate of drug-likeness (QED) is 0.812. The van der Waals surface area contributed by atoms with Crippen molar-refractivity contribution < 1.29 is 9.00 Å².